The molecule has 0 unspecified atom stereocenters. The number of hydrogen-bond acceptors (Lipinski definition) is 8. The van der Waals surface area contributed by atoms with Gasteiger partial charge in [-0.25, -0.2) is 9.78 Å². The first-order valence-electron chi connectivity index (χ1n) is 7.34. The number of esters is 2. The lowest BCUT2D eigenvalue weighted by Crippen LogP contribution is -2.21. The van der Waals surface area contributed by atoms with Crippen LogP contribution in [0.4, 0.5) is 5.13 Å². The van der Waals surface area contributed by atoms with Gasteiger partial charge in [-0.15, -0.1) is 11.3 Å². The maximum Gasteiger partial charge on any atom is 0.342 e. The van der Waals surface area contributed by atoms with E-state index in [-0.39, 0.29) is 29.5 Å². The predicted molar refractivity (Wildman–Crippen MR) is 89.5 cm³/mol. The Morgan fingerprint density at radius 1 is 1.24 bits per heavy atom. The summed E-state index contributed by atoms with van der Waals surface area (Å²) in [5.74, 6) is -2.02. The van der Waals surface area contributed by atoms with Crippen LogP contribution in [-0.4, -0.2) is 41.2 Å². The number of anilines is 1. The molecule has 1 amide bonds. The highest BCUT2D eigenvalue weighted by molar-refractivity contribution is 7.13. The third-order valence-corrected chi connectivity index (χ3v) is 3.69. The smallest absolute Gasteiger partial charge is 0.342 e. The number of thiazole rings is 1. The quantitative estimate of drug-likeness (QED) is 0.719. The largest absolute Gasteiger partial charge is 0.507 e. The third-order valence-electron chi connectivity index (χ3n) is 2.89. The Balaban J connectivity index is 1.82. The van der Waals surface area contributed by atoms with Crippen LogP contribution in [0.5, 0.6) is 5.75 Å². The Hall–Kier alpha value is -2.94. The first-order chi connectivity index (χ1) is 12.0. The molecule has 0 aliphatic rings. The Bertz CT molecular complexity index is 773. The molecule has 1 aromatic carbocycles. The molecule has 2 aromatic rings. The van der Waals surface area contributed by atoms with Gasteiger partial charge >= 0.3 is 11.9 Å². The number of aromatic hydroxyl groups is 1. The molecule has 25 heavy (non-hydrogen) atoms. The number of rotatable bonds is 7. The molecule has 0 bridgehead atoms. The number of para-hydroxylation sites is 1. The Morgan fingerprint density at radius 2 is 2.00 bits per heavy atom. The zero-order chi connectivity index (χ0) is 18.2. The van der Waals surface area contributed by atoms with Crippen molar-refractivity contribution in [3.05, 3.63) is 40.9 Å². The number of hydrogen-bond donors (Lipinski definition) is 2. The number of nitrogens with zero attached hydrogens (tertiary/aromatic N) is 1. The van der Waals surface area contributed by atoms with Gasteiger partial charge in [0.05, 0.1) is 18.7 Å². The van der Waals surface area contributed by atoms with E-state index < -0.39 is 24.5 Å². The second-order valence-electron chi connectivity index (χ2n) is 4.77. The first-order valence-corrected chi connectivity index (χ1v) is 8.22. The summed E-state index contributed by atoms with van der Waals surface area (Å²) in [6, 6.07) is 5.86. The van der Waals surface area contributed by atoms with E-state index in [0.29, 0.717) is 5.69 Å². The summed E-state index contributed by atoms with van der Waals surface area (Å²) in [4.78, 5) is 39.0. The number of benzene rings is 1. The molecule has 0 saturated heterocycles. The van der Waals surface area contributed by atoms with Crippen LogP contribution in [0, 0.1) is 0 Å². The molecular weight excluding hydrogens is 348 g/mol. The molecule has 0 saturated carbocycles. The maximum absolute atomic E-state index is 11.8. The first kappa shape index (κ1) is 18.4. The van der Waals surface area contributed by atoms with E-state index in [0.717, 1.165) is 11.3 Å². The maximum atomic E-state index is 11.8. The number of aromatic nitrogens is 1. The van der Waals surface area contributed by atoms with Crippen LogP contribution in [-0.2, 0) is 25.5 Å². The zero-order valence-corrected chi connectivity index (χ0v) is 14.2. The second-order valence-corrected chi connectivity index (χ2v) is 5.63. The molecule has 0 radical (unpaired) electrons. The lowest BCUT2D eigenvalue weighted by atomic mass is 10.2. The summed E-state index contributed by atoms with van der Waals surface area (Å²) >= 11 is 1.14. The SMILES string of the molecule is CCOC(=O)Cc1csc(NC(=O)COC(=O)c2ccccc2O)n1. The molecule has 0 aliphatic carbocycles. The average molecular weight is 364 g/mol. The molecular formula is C16H16N2O6S. The standard InChI is InChI=1S/C16H16N2O6S/c1-2-23-14(21)7-10-9-25-16(17-10)18-13(20)8-24-15(22)11-5-3-4-6-12(11)19/h3-6,9,19H,2,7-8H2,1H3,(H,17,18,20). The van der Waals surface area contributed by atoms with Gasteiger partial charge in [0.25, 0.3) is 5.91 Å². The monoisotopic (exact) mass is 364 g/mol. The van der Waals surface area contributed by atoms with Crippen LogP contribution in [0.2, 0.25) is 0 Å². The van der Waals surface area contributed by atoms with Gasteiger partial charge in [0.1, 0.15) is 11.3 Å². The molecule has 2 rings (SSSR count). The topological polar surface area (TPSA) is 115 Å². The van der Waals surface area contributed by atoms with E-state index in [1.807, 2.05) is 0 Å². The highest BCUT2D eigenvalue weighted by atomic mass is 32.1. The molecule has 0 aliphatic heterocycles. The number of nitrogens with one attached hydrogen (secondary N) is 1. The summed E-state index contributed by atoms with van der Waals surface area (Å²) in [5.41, 5.74) is 0.450. The average Bonchev–Trinajstić information content (AvgIpc) is 3.00. The van der Waals surface area contributed by atoms with E-state index >= 15 is 0 Å². The highest BCUT2D eigenvalue weighted by Gasteiger charge is 2.15. The molecule has 9 heteroatoms. The molecule has 0 atom stereocenters. The number of ether oxygens (including phenoxy) is 2. The van der Waals surface area contributed by atoms with Crippen molar-refractivity contribution in [1.29, 1.82) is 0 Å². The van der Waals surface area contributed by atoms with Crippen molar-refractivity contribution in [3.63, 3.8) is 0 Å². The van der Waals surface area contributed by atoms with Gasteiger partial charge in [-0.2, -0.15) is 0 Å². The molecule has 2 N–H and O–H groups in total. The van der Waals surface area contributed by atoms with Crippen LogP contribution in [0.1, 0.15) is 23.0 Å². The van der Waals surface area contributed by atoms with Crippen LogP contribution in [0.3, 0.4) is 0 Å². The minimum Gasteiger partial charge on any atom is -0.507 e. The molecule has 1 heterocycles. The van der Waals surface area contributed by atoms with Crippen molar-refractivity contribution in [3.8, 4) is 5.75 Å². The zero-order valence-electron chi connectivity index (χ0n) is 13.4. The van der Waals surface area contributed by atoms with Gasteiger partial charge in [-0.1, -0.05) is 12.1 Å². The van der Waals surface area contributed by atoms with Crippen molar-refractivity contribution < 1.29 is 29.0 Å². The van der Waals surface area contributed by atoms with Gasteiger partial charge < -0.3 is 14.6 Å². The summed E-state index contributed by atoms with van der Waals surface area (Å²) < 4.78 is 9.65. The summed E-state index contributed by atoms with van der Waals surface area (Å²) in [5, 5.41) is 13.9. The van der Waals surface area contributed by atoms with E-state index in [1.165, 1.54) is 12.1 Å². The second kappa shape index (κ2) is 8.78. The lowest BCUT2D eigenvalue weighted by Gasteiger charge is -2.05. The fraction of sp³-hybridized carbons (Fsp3) is 0.250. The molecule has 8 nitrogen and oxygen atoms in total. The van der Waals surface area contributed by atoms with E-state index in [2.05, 4.69) is 10.3 Å². The Kier molecular flexibility index (Phi) is 6.47. The van der Waals surface area contributed by atoms with Crippen molar-refractivity contribution in [2.75, 3.05) is 18.5 Å². The van der Waals surface area contributed by atoms with Crippen molar-refractivity contribution in [1.82, 2.24) is 4.98 Å². The van der Waals surface area contributed by atoms with Crippen LogP contribution >= 0.6 is 11.3 Å². The third kappa shape index (κ3) is 5.57. The molecule has 0 spiro atoms. The van der Waals surface area contributed by atoms with Gasteiger partial charge in [0.2, 0.25) is 0 Å². The van der Waals surface area contributed by atoms with E-state index in [4.69, 9.17) is 9.47 Å². The Labute approximate surface area is 147 Å². The fourth-order valence-electron chi connectivity index (χ4n) is 1.82. The normalized spacial score (nSPS) is 10.1. The van der Waals surface area contributed by atoms with Crippen LogP contribution in [0.15, 0.2) is 29.6 Å². The van der Waals surface area contributed by atoms with Gasteiger partial charge in [-0.3, -0.25) is 14.9 Å². The van der Waals surface area contributed by atoms with E-state index in [9.17, 15) is 19.5 Å². The van der Waals surface area contributed by atoms with E-state index in [1.54, 1.807) is 24.4 Å². The van der Waals surface area contributed by atoms with Gasteiger partial charge in [-0.05, 0) is 19.1 Å². The summed E-state index contributed by atoms with van der Waals surface area (Å²) in [6.45, 7) is 1.47. The highest BCUT2D eigenvalue weighted by Crippen LogP contribution is 2.17. The van der Waals surface area contributed by atoms with Crippen LogP contribution in [0.25, 0.3) is 0 Å². The number of phenolic OH excluding ortho intramolecular Hbond substituents is 1. The number of phenols is 1. The minimum atomic E-state index is -0.810. The minimum absolute atomic E-state index is 0.0163. The summed E-state index contributed by atoms with van der Waals surface area (Å²) in [6.07, 6.45) is 0.0163. The Morgan fingerprint density at radius 3 is 2.72 bits per heavy atom. The van der Waals surface area contributed by atoms with Gasteiger partial charge in [0, 0.05) is 5.38 Å². The molecule has 0 fully saturated rings. The van der Waals surface area contributed by atoms with Crippen molar-refractivity contribution >= 4 is 34.3 Å². The lowest BCUT2D eigenvalue weighted by molar-refractivity contribution is -0.142. The predicted octanol–water partition coefficient (Wildman–Crippen LogP) is 1.75. The van der Waals surface area contributed by atoms with Crippen molar-refractivity contribution in [2.45, 2.75) is 13.3 Å². The molecule has 132 valence electrons. The van der Waals surface area contributed by atoms with Crippen LogP contribution < -0.4 is 5.32 Å². The fourth-order valence-corrected chi connectivity index (χ4v) is 2.54. The van der Waals surface area contributed by atoms with Crippen molar-refractivity contribution in [2.24, 2.45) is 0 Å². The number of amides is 1. The molecule has 1 aromatic heterocycles. The number of carbonyl (C=O) groups excluding carboxylic acids is 3. The van der Waals surface area contributed by atoms with Gasteiger partial charge in [0.15, 0.2) is 11.7 Å². The summed E-state index contributed by atoms with van der Waals surface area (Å²) in [7, 11) is 0. The number of carbonyl (C=O) groups is 3.